The molecule has 6 rings (SSSR count). The van der Waals surface area contributed by atoms with E-state index in [4.69, 9.17) is 9.72 Å². The van der Waals surface area contributed by atoms with Crippen LogP contribution in [0, 0.1) is 6.92 Å². The Morgan fingerprint density at radius 2 is 1.94 bits per heavy atom. The first-order chi connectivity index (χ1) is 17.6. The maximum absolute atomic E-state index is 13.4. The van der Waals surface area contributed by atoms with E-state index in [1.54, 1.807) is 11.3 Å². The molecular weight excluding hydrogens is 466 g/mol. The number of fused-ring (bicyclic) bond motifs is 2. The second-order valence-corrected chi connectivity index (χ2v) is 10.4. The van der Waals surface area contributed by atoms with Crippen LogP contribution in [-0.2, 0) is 11.2 Å². The minimum absolute atomic E-state index is 0.0689. The number of carbonyl (C=O) groups excluding carboxylic acids is 1. The minimum Gasteiger partial charge on any atom is -0.376 e. The third kappa shape index (κ3) is 4.66. The second kappa shape index (κ2) is 9.88. The largest absolute Gasteiger partial charge is 0.376 e. The van der Waals surface area contributed by atoms with E-state index in [-0.39, 0.29) is 12.0 Å². The predicted octanol–water partition coefficient (Wildman–Crippen LogP) is 6.39. The lowest BCUT2D eigenvalue weighted by Crippen LogP contribution is -2.38. The number of hydrogen-bond donors (Lipinski definition) is 0. The average Bonchev–Trinajstić information content (AvgIpc) is 3.65. The standard InChI is InChI=1S/C30H29N3O2S/c1-21-8-10-23(11-9-21)29(34)32(18-27-7-4-16-35-27)15-14-26-20-36-30-31-28(19-33(26)30)25-13-12-22-5-2-3-6-24(22)17-25/h2-3,5-6,8-13,17,19-20,27H,4,7,14-16,18H2,1H3. The minimum atomic E-state index is 0.0689. The van der Waals surface area contributed by atoms with Gasteiger partial charge in [-0.25, -0.2) is 4.98 Å². The summed E-state index contributed by atoms with van der Waals surface area (Å²) in [6, 6.07) is 22.7. The molecule has 2 aromatic heterocycles. The van der Waals surface area contributed by atoms with Crippen LogP contribution in [0.25, 0.3) is 27.0 Å². The molecule has 1 atom stereocenters. The first-order valence-corrected chi connectivity index (χ1v) is 13.4. The van der Waals surface area contributed by atoms with Crippen molar-refractivity contribution in [2.24, 2.45) is 0 Å². The lowest BCUT2D eigenvalue weighted by atomic mass is 10.1. The number of thiazole rings is 1. The molecule has 1 unspecified atom stereocenters. The van der Waals surface area contributed by atoms with Gasteiger partial charge in [-0.05, 0) is 48.7 Å². The highest BCUT2D eigenvalue weighted by molar-refractivity contribution is 7.15. The van der Waals surface area contributed by atoms with Crippen LogP contribution < -0.4 is 0 Å². The van der Waals surface area contributed by atoms with E-state index in [0.29, 0.717) is 13.1 Å². The molecule has 0 spiro atoms. The van der Waals surface area contributed by atoms with Crippen LogP contribution in [0.3, 0.4) is 0 Å². The summed E-state index contributed by atoms with van der Waals surface area (Å²) in [7, 11) is 0. The fourth-order valence-electron chi connectivity index (χ4n) is 4.93. The van der Waals surface area contributed by atoms with Gasteiger partial charge in [0.25, 0.3) is 5.91 Å². The number of rotatable bonds is 7. The number of nitrogens with zero attached hydrogens (tertiary/aromatic N) is 3. The Morgan fingerprint density at radius 1 is 1.11 bits per heavy atom. The molecule has 182 valence electrons. The molecule has 5 nitrogen and oxygen atoms in total. The summed E-state index contributed by atoms with van der Waals surface area (Å²) in [5.41, 5.74) is 5.14. The van der Waals surface area contributed by atoms with Crippen LogP contribution in [0.2, 0.25) is 0 Å². The molecule has 3 aromatic carbocycles. The number of imidazole rings is 1. The number of carbonyl (C=O) groups is 1. The molecule has 3 heterocycles. The Labute approximate surface area is 215 Å². The van der Waals surface area contributed by atoms with Crippen molar-refractivity contribution in [1.82, 2.24) is 14.3 Å². The Kier molecular flexibility index (Phi) is 6.30. The van der Waals surface area contributed by atoms with Crippen molar-refractivity contribution in [3.63, 3.8) is 0 Å². The summed E-state index contributed by atoms with van der Waals surface area (Å²) in [6.07, 6.45) is 5.08. The molecule has 1 aliphatic rings. The van der Waals surface area contributed by atoms with Gasteiger partial charge in [-0.1, -0.05) is 54.1 Å². The topological polar surface area (TPSA) is 46.8 Å². The van der Waals surface area contributed by atoms with Gasteiger partial charge in [0, 0.05) is 54.5 Å². The normalized spacial score (nSPS) is 15.6. The lowest BCUT2D eigenvalue weighted by Gasteiger charge is -2.25. The molecule has 1 aliphatic heterocycles. The van der Waals surface area contributed by atoms with E-state index in [0.717, 1.165) is 53.2 Å². The van der Waals surface area contributed by atoms with E-state index in [9.17, 15) is 4.79 Å². The summed E-state index contributed by atoms with van der Waals surface area (Å²) in [6.45, 7) is 4.10. The van der Waals surface area contributed by atoms with Crippen LogP contribution in [0.1, 0.15) is 34.5 Å². The quantitative estimate of drug-likeness (QED) is 0.263. The van der Waals surface area contributed by atoms with Crippen LogP contribution in [0.5, 0.6) is 0 Å². The van der Waals surface area contributed by atoms with Crippen molar-refractivity contribution in [3.8, 4) is 11.3 Å². The zero-order valence-corrected chi connectivity index (χ0v) is 21.2. The lowest BCUT2D eigenvalue weighted by molar-refractivity contribution is 0.0528. The van der Waals surface area contributed by atoms with Crippen molar-refractivity contribution in [1.29, 1.82) is 0 Å². The molecule has 1 amide bonds. The van der Waals surface area contributed by atoms with Crippen molar-refractivity contribution >= 4 is 33.0 Å². The fourth-order valence-corrected chi connectivity index (χ4v) is 5.84. The Bertz CT molecular complexity index is 1510. The molecule has 0 bridgehead atoms. The van der Waals surface area contributed by atoms with E-state index in [1.807, 2.05) is 36.1 Å². The van der Waals surface area contributed by atoms with Crippen LogP contribution in [-0.4, -0.2) is 46.0 Å². The summed E-state index contributed by atoms with van der Waals surface area (Å²) < 4.78 is 8.05. The Morgan fingerprint density at radius 3 is 2.75 bits per heavy atom. The highest BCUT2D eigenvalue weighted by atomic mass is 32.1. The number of benzene rings is 3. The molecule has 0 saturated carbocycles. The molecule has 0 radical (unpaired) electrons. The van der Waals surface area contributed by atoms with E-state index in [2.05, 4.69) is 58.4 Å². The SMILES string of the molecule is Cc1ccc(C(=O)N(CCc2csc3nc(-c4ccc5ccccc5c4)cn23)CC2CCCO2)cc1. The molecule has 5 aromatic rings. The smallest absolute Gasteiger partial charge is 0.253 e. The van der Waals surface area contributed by atoms with Crippen molar-refractivity contribution < 1.29 is 9.53 Å². The fraction of sp³-hybridized carbons (Fsp3) is 0.267. The third-order valence-electron chi connectivity index (χ3n) is 7.00. The Balaban J connectivity index is 1.23. The maximum Gasteiger partial charge on any atom is 0.253 e. The van der Waals surface area contributed by atoms with Gasteiger partial charge in [0.1, 0.15) is 0 Å². The molecule has 6 heteroatoms. The average molecular weight is 496 g/mol. The molecule has 1 saturated heterocycles. The Hall–Kier alpha value is -3.48. The van der Waals surface area contributed by atoms with Gasteiger partial charge in [-0.2, -0.15) is 0 Å². The third-order valence-corrected chi connectivity index (χ3v) is 7.89. The zero-order valence-electron chi connectivity index (χ0n) is 20.4. The number of aryl methyl sites for hydroxylation is 1. The van der Waals surface area contributed by atoms with E-state index in [1.165, 1.54) is 16.5 Å². The molecule has 0 N–H and O–H groups in total. The van der Waals surface area contributed by atoms with Gasteiger partial charge in [0.2, 0.25) is 0 Å². The van der Waals surface area contributed by atoms with Gasteiger partial charge >= 0.3 is 0 Å². The van der Waals surface area contributed by atoms with Gasteiger partial charge in [0.05, 0.1) is 11.8 Å². The maximum atomic E-state index is 13.4. The van der Waals surface area contributed by atoms with Crippen molar-refractivity contribution in [3.05, 3.63) is 95.1 Å². The zero-order chi connectivity index (χ0) is 24.5. The summed E-state index contributed by atoms with van der Waals surface area (Å²) in [5.74, 6) is 0.0689. The van der Waals surface area contributed by atoms with Crippen molar-refractivity contribution in [2.45, 2.75) is 32.3 Å². The molecule has 36 heavy (non-hydrogen) atoms. The van der Waals surface area contributed by atoms with Crippen LogP contribution >= 0.6 is 11.3 Å². The highest BCUT2D eigenvalue weighted by Gasteiger charge is 2.24. The van der Waals surface area contributed by atoms with E-state index >= 15 is 0 Å². The van der Waals surface area contributed by atoms with Crippen molar-refractivity contribution in [2.75, 3.05) is 19.7 Å². The van der Waals surface area contributed by atoms with Gasteiger partial charge < -0.3 is 9.64 Å². The highest BCUT2D eigenvalue weighted by Crippen LogP contribution is 2.27. The first kappa shape index (κ1) is 23.0. The van der Waals surface area contributed by atoms with Gasteiger partial charge in [0.15, 0.2) is 4.96 Å². The summed E-state index contributed by atoms with van der Waals surface area (Å²) in [4.78, 5) is 21.2. The summed E-state index contributed by atoms with van der Waals surface area (Å²) in [5, 5.41) is 4.60. The molecular formula is C30H29N3O2S. The molecule has 1 fully saturated rings. The number of aromatic nitrogens is 2. The van der Waals surface area contributed by atoms with E-state index < -0.39 is 0 Å². The predicted molar refractivity (Wildman–Crippen MR) is 146 cm³/mol. The van der Waals surface area contributed by atoms with Gasteiger partial charge in [-0.3, -0.25) is 9.20 Å². The van der Waals surface area contributed by atoms with Crippen LogP contribution in [0.4, 0.5) is 0 Å². The first-order valence-electron chi connectivity index (χ1n) is 12.6. The second-order valence-electron chi connectivity index (χ2n) is 9.57. The van der Waals surface area contributed by atoms with Crippen LogP contribution in [0.15, 0.2) is 78.3 Å². The molecule has 0 aliphatic carbocycles. The number of hydrogen-bond acceptors (Lipinski definition) is 4. The van der Waals surface area contributed by atoms with Gasteiger partial charge in [-0.15, -0.1) is 11.3 Å². The number of amides is 1. The number of ether oxygens (including phenoxy) is 1. The summed E-state index contributed by atoms with van der Waals surface area (Å²) >= 11 is 1.65. The monoisotopic (exact) mass is 495 g/mol.